The van der Waals surface area contributed by atoms with Crippen molar-refractivity contribution in [3.8, 4) is 0 Å². The molecule has 0 aliphatic carbocycles. The molecule has 0 bridgehead atoms. The first-order valence-corrected chi connectivity index (χ1v) is 8.46. The first kappa shape index (κ1) is 17.9. The van der Waals surface area contributed by atoms with Gasteiger partial charge in [0, 0.05) is 30.7 Å². The van der Waals surface area contributed by atoms with E-state index < -0.39 is 0 Å². The molecule has 3 nitrogen and oxygen atoms in total. The van der Waals surface area contributed by atoms with Gasteiger partial charge < -0.3 is 15.0 Å². The van der Waals surface area contributed by atoms with Crippen molar-refractivity contribution in [3.63, 3.8) is 0 Å². The van der Waals surface area contributed by atoms with Crippen LogP contribution in [0.4, 0.5) is 0 Å². The van der Waals surface area contributed by atoms with Gasteiger partial charge in [-0.2, -0.15) is 0 Å². The molecule has 0 aromatic heterocycles. The number of rotatable bonds is 8. The number of nitrogens with one attached hydrogen (secondary N) is 1. The third-order valence-electron chi connectivity index (χ3n) is 4.23. The quantitative estimate of drug-likeness (QED) is 0.740. The summed E-state index contributed by atoms with van der Waals surface area (Å²) >= 11 is 0. The zero-order valence-electron chi connectivity index (χ0n) is 14.4. The van der Waals surface area contributed by atoms with Crippen LogP contribution in [0.25, 0.3) is 0 Å². The van der Waals surface area contributed by atoms with E-state index in [0.717, 1.165) is 26.3 Å². The third-order valence-corrected chi connectivity index (χ3v) is 4.23. The van der Waals surface area contributed by atoms with Crippen LogP contribution in [0.5, 0.6) is 0 Å². The van der Waals surface area contributed by atoms with Gasteiger partial charge in [0.2, 0.25) is 0 Å². The maximum Gasteiger partial charge on any atom is 0.0546 e. The maximum atomic E-state index is 5.83. The number of hydrogen-bond donors (Lipinski definition) is 1. The molecule has 1 rings (SSSR count). The molecule has 0 amide bonds. The number of hydrogen-bond acceptors (Lipinski definition) is 3. The summed E-state index contributed by atoms with van der Waals surface area (Å²) in [5.74, 6) is 0. The van der Waals surface area contributed by atoms with Crippen LogP contribution >= 0.6 is 0 Å². The fraction of sp³-hybridized carbons (Fsp3) is 1.00. The van der Waals surface area contributed by atoms with Gasteiger partial charge in [0.1, 0.15) is 0 Å². The Labute approximate surface area is 126 Å². The molecule has 1 heterocycles. The summed E-state index contributed by atoms with van der Waals surface area (Å²) in [5.41, 5.74) is 0.486. The molecule has 1 aliphatic heterocycles. The predicted octanol–water partition coefficient (Wildman–Crippen LogP) is 3.29. The van der Waals surface area contributed by atoms with E-state index in [1.54, 1.807) is 0 Å². The van der Waals surface area contributed by atoms with Crippen molar-refractivity contribution in [2.24, 2.45) is 5.41 Å². The Morgan fingerprint density at radius 2 is 2.00 bits per heavy atom. The minimum atomic E-state index is 0.185. The third kappa shape index (κ3) is 6.55. The lowest BCUT2D eigenvalue weighted by Gasteiger charge is -2.42. The molecule has 1 unspecified atom stereocenters. The standard InChI is InChI=1S/C17H36N2O/c1-6-8-11-19(7-2)14-17(10-9-12-20-15-17)13-18-16(3,4)5/h18H,6-15H2,1-5H3. The predicted molar refractivity (Wildman–Crippen MR) is 87.3 cm³/mol. The maximum absolute atomic E-state index is 5.83. The summed E-state index contributed by atoms with van der Waals surface area (Å²) in [5, 5.41) is 3.71. The minimum Gasteiger partial charge on any atom is -0.381 e. The second-order valence-corrected chi connectivity index (χ2v) is 7.48. The van der Waals surface area contributed by atoms with Gasteiger partial charge in [-0.15, -0.1) is 0 Å². The van der Waals surface area contributed by atoms with Gasteiger partial charge in [0.05, 0.1) is 6.61 Å². The van der Waals surface area contributed by atoms with Gasteiger partial charge in [-0.1, -0.05) is 20.3 Å². The monoisotopic (exact) mass is 284 g/mol. The van der Waals surface area contributed by atoms with Gasteiger partial charge in [-0.05, 0) is 53.1 Å². The van der Waals surface area contributed by atoms with Crippen molar-refractivity contribution in [2.45, 2.75) is 65.8 Å². The van der Waals surface area contributed by atoms with E-state index in [-0.39, 0.29) is 5.54 Å². The van der Waals surface area contributed by atoms with Crippen LogP contribution in [0.3, 0.4) is 0 Å². The number of ether oxygens (including phenoxy) is 1. The van der Waals surface area contributed by atoms with Crippen molar-refractivity contribution in [1.82, 2.24) is 10.2 Å². The van der Waals surface area contributed by atoms with Crippen molar-refractivity contribution in [1.29, 1.82) is 0 Å². The molecular weight excluding hydrogens is 248 g/mol. The van der Waals surface area contributed by atoms with Crippen LogP contribution in [0.2, 0.25) is 0 Å². The van der Waals surface area contributed by atoms with E-state index in [1.165, 1.54) is 38.8 Å². The van der Waals surface area contributed by atoms with Gasteiger partial charge in [0.15, 0.2) is 0 Å². The Balaban J connectivity index is 2.61. The van der Waals surface area contributed by atoms with Crippen LogP contribution in [0.15, 0.2) is 0 Å². The number of unbranched alkanes of at least 4 members (excludes halogenated alkanes) is 1. The Morgan fingerprint density at radius 3 is 2.50 bits per heavy atom. The van der Waals surface area contributed by atoms with Crippen molar-refractivity contribution >= 4 is 0 Å². The Bertz CT molecular complexity index is 254. The highest BCUT2D eigenvalue weighted by molar-refractivity contribution is 4.89. The van der Waals surface area contributed by atoms with Crippen molar-refractivity contribution in [2.75, 3.05) is 39.4 Å². The lowest BCUT2D eigenvalue weighted by atomic mass is 9.81. The molecule has 1 saturated heterocycles. The zero-order chi connectivity index (χ0) is 15.1. The topological polar surface area (TPSA) is 24.5 Å². The second-order valence-electron chi connectivity index (χ2n) is 7.48. The second kappa shape index (κ2) is 8.35. The Morgan fingerprint density at radius 1 is 1.25 bits per heavy atom. The van der Waals surface area contributed by atoms with E-state index in [2.05, 4.69) is 44.8 Å². The summed E-state index contributed by atoms with van der Waals surface area (Å²) in [4.78, 5) is 2.61. The Kier molecular flexibility index (Phi) is 7.49. The molecule has 1 atom stereocenters. The SMILES string of the molecule is CCCCN(CC)CC1(CNC(C)(C)C)CCCOC1. The first-order chi connectivity index (χ1) is 9.41. The van der Waals surface area contributed by atoms with E-state index in [4.69, 9.17) is 4.74 Å². The number of nitrogens with zero attached hydrogens (tertiary/aromatic N) is 1. The van der Waals surface area contributed by atoms with Crippen LogP contribution in [0.1, 0.15) is 60.3 Å². The summed E-state index contributed by atoms with van der Waals surface area (Å²) in [6.07, 6.45) is 5.08. The van der Waals surface area contributed by atoms with Crippen LogP contribution in [-0.2, 0) is 4.74 Å². The molecular formula is C17H36N2O. The highest BCUT2D eigenvalue weighted by Gasteiger charge is 2.35. The normalized spacial score (nSPS) is 24.3. The molecule has 120 valence electrons. The highest BCUT2D eigenvalue weighted by atomic mass is 16.5. The average Bonchev–Trinajstić information content (AvgIpc) is 2.42. The van der Waals surface area contributed by atoms with Crippen LogP contribution < -0.4 is 5.32 Å². The molecule has 1 N–H and O–H groups in total. The van der Waals surface area contributed by atoms with Gasteiger partial charge in [0.25, 0.3) is 0 Å². The van der Waals surface area contributed by atoms with Crippen LogP contribution in [-0.4, -0.2) is 49.8 Å². The van der Waals surface area contributed by atoms with E-state index in [0.29, 0.717) is 5.41 Å². The van der Waals surface area contributed by atoms with Gasteiger partial charge >= 0.3 is 0 Å². The van der Waals surface area contributed by atoms with E-state index >= 15 is 0 Å². The minimum absolute atomic E-state index is 0.185. The fourth-order valence-corrected chi connectivity index (χ4v) is 2.89. The van der Waals surface area contributed by atoms with E-state index in [1.807, 2.05) is 0 Å². The largest absolute Gasteiger partial charge is 0.381 e. The van der Waals surface area contributed by atoms with E-state index in [9.17, 15) is 0 Å². The van der Waals surface area contributed by atoms with Crippen LogP contribution in [0, 0.1) is 5.41 Å². The van der Waals surface area contributed by atoms with Crippen molar-refractivity contribution in [3.05, 3.63) is 0 Å². The van der Waals surface area contributed by atoms with Gasteiger partial charge in [-0.3, -0.25) is 0 Å². The summed E-state index contributed by atoms with van der Waals surface area (Å²) in [6, 6.07) is 0. The summed E-state index contributed by atoms with van der Waals surface area (Å²) < 4.78 is 5.83. The molecule has 3 heteroatoms. The lowest BCUT2D eigenvalue weighted by molar-refractivity contribution is -0.0283. The molecule has 1 fully saturated rings. The van der Waals surface area contributed by atoms with Gasteiger partial charge in [-0.25, -0.2) is 0 Å². The zero-order valence-corrected chi connectivity index (χ0v) is 14.4. The fourth-order valence-electron chi connectivity index (χ4n) is 2.89. The highest BCUT2D eigenvalue weighted by Crippen LogP contribution is 2.30. The molecule has 0 saturated carbocycles. The molecule has 0 spiro atoms. The summed E-state index contributed by atoms with van der Waals surface area (Å²) in [6.45, 7) is 17.8. The molecule has 0 radical (unpaired) electrons. The molecule has 1 aliphatic rings. The Hall–Kier alpha value is -0.120. The van der Waals surface area contributed by atoms with Crippen molar-refractivity contribution < 1.29 is 4.74 Å². The lowest BCUT2D eigenvalue weighted by Crippen LogP contribution is -2.52. The smallest absolute Gasteiger partial charge is 0.0546 e. The molecule has 0 aromatic rings. The molecule has 0 aromatic carbocycles. The average molecular weight is 284 g/mol. The first-order valence-electron chi connectivity index (χ1n) is 8.46. The molecule has 20 heavy (non-hydrogen) atoms. The summed E-state index contributed by atoms with van der Waals surface area (Å²) in [7, 11) is 0.